The summed E-state index contributed by atoms with van der Waals surface area (Å²) in [6.45, 7) is 0.596. The lowest BCUT2D eigenvalue weighted by atomic mass is 9.84. The van der Waals surface area contributed by atoms with Gasteiger partial charge in [0, 0.05) is 23.5 Å². The molecule has 0 spiro atoms. The number of halogens is 4. The van der Waals surface area contributed by atoms with Crippen LogP contribution >= 0.6 is 0 Å². The number of likely N-dealkylation sites (tertiary alicyclic amines) is 1. The molecule has 1 amide bonds. The van der Waals surface area contributed by atoms with Crippen LogP contribution in [0.3, 0.4) is 0 Å². The molecule has 4 aromatic carbocycles. The van der Waals surface area contributed by atoms with Crippen molar-refractivity contribution in [1.82, 2.24) is 4.90 Å². The standard InChI is InChI=1S/C36H35F4NO6/c37-28-9-13-31(39)26(17-28)22-46-33-19-41(36(42)43)20-34(47-23-27-18-29(38)10-14-32(27)40)35(33)25-7-11-30(12-8-25)45-16-4-15-44-21-24-5-2-1-3-6-24/h1-3,5-14,17-18,33-35H,4,15-16,19-23H2,(H,42,43)/t33-,34+,35?. The van der Waals surface area contributed by atoms with E-state index < -0.39 is 47.5 Å². The van der Waals surface area contributed by atoms with Gasteiger partial charge in [0.1, 0.15) is 29.0 Å². The van der Waals surface area contributed by atoms with Gasteiger partial charge in [0.15, 0.2) is 0 Å². The Bertz CT molecular complexity index is 1540. The number of hydrogen-bond donors (Lipinski definition) is 1. The Morgan fingerprint density at radius 1 is 0.723 bits per heavy atom. The lowest BCUT2D eigenvalue weighted by Crippen LogP contribution is -2.54. The van der Waals surface area contributed by atoms with E-state index in [2.05, 4.69) is 0 Å². The Hall–Kier alpha value is -4.45. The quantitative estimate of drug-likeness (QED) is 0.112. The molecule has 1 saturated heterocycles. The van der Waals surface area contributed by atoms with Gasteiger partial charge in [-0.05, 0) is 59.7 Å². The van der Waals surface area contributed by atoms with Crippen molar-refractivity contribution >= 4 is 6.09 Å². The first-order valence-electron chi connectivity index (χ1n) is 15.2. The second-order valence-electron chi connectivity index (χ2n) is 11.2. The summed E-state index contributed by atoms with van der Waals surface area (Å²) in [5.41, 5.74) is 1.71. The predicted molar refractivity (Wildman–Crippen MR) is 165 cm³/mol. The van der Waals surface area contributed by atoms with Crippen molar-refractivity contribution in [1.29, 1.82) is 0 Å². The predicted octanol–water partition coefficient (Wildman–Crippen LogP) is 7.48. The molecule has 1 aliphatic rings. The van der Waals surface area contributed by atoms with Gasteiger partial charge in [-0.3, -0.25) is 0 Å². The molecule has 7 nitrogen and oxygen atoms in total. The van der Waals surface area contributed by atoms with Crippen molar-refractivity contribution in [3.05, 3.63) is 137 Å². The van der Waals surface area contributed by atoms with E-state index in [9.17, 15) is 27.5 Å². The first-order chi connectivity index (χ1) is 22.8. The van der Waals surface area contributed by atoms with Crippen molar-refractivity contribution in [3.8, 4) is 5.75 Å². The van der Waals surface area contributed by atoms with E-state index in [-0.39, 0.29) is 37.4 Å². The molecular weight excluding hydrogens is 618 g/mol. The van der Waals surface area contributed by atoms with Gasteiger partial charge in [-0.15, -0.1) is 0 Å². The van der Waals surface area contributed by atoms with Gasteiger partial charge in [0.2, 0.25) is 0 Å². The second-order valence-corrected chi connectivity index (χ2v) is 11.2. The summed E-state index contributed by atoms with van der Waals surface area (Å²) < 4.78 is 80.3. The van der Waals surface area contributed by atoms with E-state index in [1.54, 1.807) is 24.3 Å². The molecule has 3 atom stereocenters. The van der Waals surface area contributed by atoms with Crippen molar-refractivity contribution in [2.24, 2.45) is 0 Å². The number of benzene rings is 4. The van der Waals surface area contributed by atoms with E-state index >= 15 is 0 Å². The summed E-state index contributed by atoms with van der Waals surface area (Å²) >= 11 is 0. The second kappa shape index (κ2) is 16.4. The maximum absolute atomic E-state index is 14.4. The summed E-state index contributed by atoms with van der Waals surface area (Å²) in [5.74, 6) is -2.65. The van der Waals surface area contributed by atoms with Crippen molar-refractivity contribution in [2.75, 3.05) is 26.3 Å². The lowest BCUT2D eigenvalue weighted by molar-refractivity contribution is -0.0944. The highest BCUT2D eigenvalue weighted by molar-refractivity contribution is 5.65. The molecule has 0 aliphatic carbocycles. The first-order valence-corrected chi connectivity index (χ1v) is 15.2. The molecule has 4 aromatic rings. The highest BCUT2D eigenvalue weighted by Crippen LogP contribution is 2.35. The van der Waals surface area contributed by atoms with Gasteiger partial charge in [-0.1, -0.05) is 42.5 Å². The SMILES string of the molecule is O=C(O)N1C[C@H](OCc2cc(F)ccc2F)C(c2ccc(OCCCOCc3ccccc3)cc2)[C@H](OCc2cc(F)ccc2F)C1. The maximum atomic E-state index is 14.4. The highest BCUT2D eigenvalue weighted by atomic mass is 19.1. The number of piperidine rings is 1. The molecule has 0 saturated carbocycles. The third-order valence-corrected chi connectivity index (χ3v) is 7.87. The van der Waals surface area contributed by atoms with E-state index in [0.29, 0.717) is 37.6 Å². The van der Waals surface area contributed by atoms with Crippen LogP contribution in [0.4, 0.5) is 22.4 Å². The molecule has 1 fully saturated rings. The van der Waals surface area contributed by atoms with Crippen LogP contribution in [0.2, 0.25) is 0 Å². The summed E-state index contributed by atoms with van der Waals surface area (Å²) in [7, 11) is 0. The molecule has 1 heterocycles. The highest BCUT2D eigenvalue weighted by Gasteiger charge is 2.41. The molecule has 248 valence electrons. The minimum atomic E-state index is -1.24. The number of carboxylic acid groups (broad SMARTS) is 1. The van der Waals surface area contributed by atoms with Crippen molar-refractivity contribution < 1.29 is 46.4 Å². The summed E-state index contributed by atoms with van der Waals surface area (Å²) in [6.07, 6.45) is -2.30. The van der Waals surface area contributed by atoms with Crippen LogP contribution in [0.15, 0.2) is 91.0 Å². The van der Waals surface area contributed by atoms with Gasteiger partial charge < -0.3 is 29.0 Å². The fourth-order valence-electron chi connectivity index (χ4n) is 5.48. The van der Waals surface area contributed by atoms with Gasteiger partial charge >= 0.3 is 6.09 Å². The summed E-state index contributed by atoms with van der Waals surface area (Å²) in [5, 5.41) is 9.86. The van der Waals surface area contributed by atoms with Crippen LogP contribution < -0.4 is 4.74 Å². The summed E-state index contributed by atoms with van der Waals surface area (Å²) in [6, 6.07) is 22.9. The van der Waals surface area contributed by atoms with Crippen LogP contribution in [0.25, 0.3) is 0 Å². The zero-order valence-electron chi connectivity index (χ0n) is 25.5. The normalized spacial score (nSPS) is 17.9. The Kier molecular flexibility index (Phi) is 11.8. The fourth-order valence-corrected chi connectivity index (χ4v) is 5.48. The molecule has 5 rings (SSSR count). The van der Waals surface area contributed by atoms with Crippen molar-refractivity contribution in [3.63, 3.8) is 0 Å². The van der Waals surface area contributed by atoms with Gasteiger partial charge in [-0.2, -0.15) is 0 Å². The lowest BCUT2D eigenvalue weighted by Gasteiger charge is -2.42. The van der Waals surface area contributed by atoms with E-state index in [0.717, 1.165) is 46.9 Å². The minimum Gasteiger partial charge on any atom is -0.494 e. The van der Waals surface area contributed by atoms with Crippen molar-refractivity contribution in [2.45, 2.75) is 44.4 Å². The van der Waals surface area contributed by atoms with E-state index in [1.165, 1.54) is 0 Å². The molecule has 11 heteroatoms. The monoisotopic (exact) mass is 653 g/mol. The number of nitrogens with zero attached hydrogens (tertiary/aromatic N) is 1. The minimum absolute atomic E-state index is 0.0352. The first kappa shape index (κ1) is 33.9. The van der Waals surface area contributed by atoms with E-state index in [4.69, 9.17) is 18.9 Å². The average Bonchev–Trinajstić information content (AvgIpc) is 3.07. The number of amides is 1. The zero-order valence-corrected chi connectivity index (χ0v) is 25.5. The number of hydrogen-bond acceptors (Lipinski definition) is 5. The largest absolute Gasteiger partial charge is 0.494 e. The Labute approximate surface area is 270 Å². The van der Waals surface area contributed by atoms with Gasteiger partial charge in [0.05, 0.1) is 58.3 Å². The number of rotatable bonds is 14. The van der Waals surface area contributed by atoms with E-state index in [1.807, 2.05) is 30.3 Å². The van der Waals surface area contributed by atoms with Crippen LogP contribution in [0.5, 0.6) is 5.75 Å². The fraction of sp³-hybridized carbons (Fsp3) is 0.306. The Balaban J connectivity index is 1.30. The number of carbonyl (C=O) groups is 1. The Morgan fingerprint density at radius 2 is 1.30 bits per heavy atom. The number of ether oxygens (including phenoxy) is 4. The molecule has 1 aliphatic heterocycles. The van der Waals surface area contributed by atoms with Gasteiger partial charge in [-0.25, -0.2) is 22.4 Å². The third kappa shape index (κ3) is 9.54. The van der Waals surface area contributed by atoms with Gasteiger partial charge in [0.25, 0.3) is 0 Å². The molecule has 47 heavy (non-hydrogen) atoms. The average molecular weight is 654 g/mol. The molecular formula is C36H35F4NO6. The summed E-state index contributed by atoms with van der Waals surface area (Å²) in [4.78, 5) is 13.2. The maximum Gasteiger partial charge on any atom is 0.407 e. The third-order valence-electron chi connectivity index (χ3n) is 7.87. The molecule has 0 radical (unpaired) electrons. The topological polar surface area (TPSA) is 77.5 Å². The molecule has 1 N–H and O–H groups in total. The van der Waals surface area contributed by atoms with Crippen LogP contribution in [-0.4, -0.2) is 54.6 Å². The van der Waals surface area contributed by atoms with Crippen LogP contribution in [-0.2, 0) is 34.0 Å². The zero-order chi connectivity index (χ0) is 33.2. The van der Waals surface area contributed by atoms with Crippen LogP contribution in [0.1, 0.15) is 34.6 Å². The molecule has 1 unspecified atom stereocenters. The van der Waals surface area contributed by atoms with Crippen LogP contribution in [0, 0.1) is 23.3 Å². The Morgan fingerprint density at radius 3 is 1.85 bits per heavy atom. The smallest absolute Gasteiger partial charge is 0.407 e. The molecule has 0 bridgehead atoms. The molecule has 0 aromatic heterocycles.